The average molecular weight is 377 g/mol. The predicted molar refractivity (Wildman–Crippen MR) is 79.1 cm³/mol. The maximum absolute atomic E-state index is 11.0. The summed E-state index contributed by atoms with van der Waals surface area (Å²) >= 11 is 0. The number of phenolic OH excluding ortho intramolecular Hbond substituents is 1. The first-order chi connectivity index (χ1) is 11.1. The second kappa shape index (κ2) is 7.76. The summed E-state index contributed by atoms with van der Waals surface area (Å²) in [5, 5.41) is 33.6. The maximum atomic E-state index is 11.0. The normalized spacial score (nSPS) is 10.6. The number of nitro groups is 2. The molecule has 0 amide bonds. The van der Waals surface area contributed by atoms with Gasteiger partial charge in [-0.1, -0.05) is 0 Å². The number of phenols is 1. The zero-order chi connectivity index (χ0) is 18.1. The van der Waals surface area contributed by atoms with Crippen LogP contribution in [0.25, 0.3) is 0 Å². The second-order valence-corrected chi connectivity index (χ2v) is 5.83. The molecule has 0 heterocycles. The van der Waals surface area contributed by atoms with Crippen molar-refractivity contribution in [1.82, 2.24) is 0 Å². The van der Waals surface area contributed by atoms with Crippen LogP contribution in [-0.4, -0.2) is 27.9 Å². The Hall–Kier alpha value is -2.25. The van der Waals surface area contributed by atoms with Gasteiger partial charge in [-0.2, -0.15) is 0 Å². The molecule has 0 aliphatic carbocycles. The first-order valence-electron chi connectivity index (χ1n) is 6.08. The minimum absolute atomic E-state index is 0. The van der Waals surface area contributed by atoms with E-state index in [1.807, 2.05) is 0 Å². The van der Waals surface area contributed by atoms with Gasteiger partial charge in [0.1, 0.15) is 21.6 Å². The van der Waals surface area contributed by atoms with Gasteiger partial charge >= 0.3 is 29.6 Å². The second-order valence-electron chi connectivity index (χ2n) is 4.48. The third-order valence-electron chi connectivity index (χ3n) is 2.90. The molecule has 0 spiro atoms. The van der Waals surface area contributed by atoms with E-state index in [2.05, 4.69) is 5.32 Å². The van der Waals surface area contributed by atoms with Crippen molar-refractivity contribution in [3.63, 3.8) is 0 Å². The van der Waals surface area contributed by atoms with Crippen LogP contribution in [0.15, 0.2) is 41.3 Å². The number of benzene rings is 2. The molecule has 0 aromatic heterocycles. The Bertz CT molecular complexity index is 947. The molecule has 2 aromatic carbocycles. The van der Waals surface area contributed by atoms with Crippen molar-refractivity contribution < 1.29 is 57.5 Å². The van der Waals surface area contributed by atoms with E-state index in [1.54, 1.807) is 0 Å². The summed E-state index contributed by atoms with van der Waals surface area (Å²) in [6, 6.07) is 5.70. The molecular formula is C12H8N3NaO8S. The van der Waals surface area contributed by atoms with Crippen LogP contribution in [0.3, 0.4) is 0 Å². The summed E-state index contributed by atoms with van der Waals surface area (Å²) in [6.45, 7) is 0. The van der Waals surface area contributed by atoms with E-state index in [0.717, 1.165) is 30.3 Å². The zero-order valence-corrected chi connectivity index (χ0v) is 15.4. The fraction of sp³-hybridized carbons (Fsp3) is 0. The molecular weight excluding hydrogens is 369 g/mol. The van der Waals surface area contributed by atoms with Crippen molar-refractivity contribution in [3.05, 3.63) is 56.6 Å². The number of rotatable bonds is 5. The third-order valence-corrected chi connectivity index (χ3v) is 3.76. The molecule has 0 atom stereocenters. The summed E-state index contributed by atoms with van der Waals surface area (Å²) in [4.78, 5) is 19.1. The quantitative estimate of drug-likeness (QED) is 0.214. The van der Waals surface area contributed by atoms with E-state index in [1.165, 1.54) is 6.07 Å². The number of nitrogens with zero attached hydrogens (tertiary/aromatic N) is 2. The molecule has 2 N–H and O–H groups in total. The third kappa shape index (κ3) is 4.87. The molecule has 2 rings (SSSR count). The van der Waals surface area contributed by atoms with Gasteiger partial charge < -0.3 is 15.0 Å². The van der Waals surface area contributed by atoms with Gasteiger partial charge in [0.2, 0.25) is 0 Å². The molecule has 0 bridgehead atoms. The Morgan fingerprint density at radius 2 is 1.64 bits per heavy atom. The van der Waals surface area contributed by atoms with Crippen molar-refractivity contribution in [1.29, 1.82) is 0 Å². The SMILES string of the molecule is O=[N+]([O-])c1ccc(Nc2ccc(O)c(S(=O)(=O)[O-])c2)c([N+](=O)[O-])c1.[Na+]. The summed E-state index contributed by atoms with van der Waals surface area (Å²) in [6.07, 6.45) is 0. The maximum Gasteiger partial charge on any atom is 1.00 e. The zero-order valence-electron chi connectivity index (χ0n) is 12.6. The summed E-state index contributed by atoms with van der Waals surface area (Å²) in [5.41, 5.74) is -1.32. The van der Waals surface area contributed by atoms with E-state index >= 15 is 0 Å². The smallest absolute Gasteiger partial charge is 0.744 e. The minimum atomic E-state index is -4.96. The molecule has 0 radical (unpaired) electrons. The van der Waals surface area contributed by atoms with Crippen LogP contribution in [-0.2, 0) is 10.1 Å². The summed E-state index contributed by atoms with van der Waals surface area (Å²) in [5.74, 6) is -0.770. The Balaban J connectivity index is 0.00000312. The number of non-ortho nitro benzene ring substituents is 1. The van der Waals surface area contributed by atoms with Crippen molar-refractivity contribution >= 4 is 32.9 Å². The van der Waals surface area contributed by atoms with E-state index in [-0.39, 0.29) is 40.9 Å². The average Bonchev–Trinajstić information content (AvgIpc) is 2.48. The van der Waals surface area contributed by atoms with Crippen molar-refractivity contribution in [2.75, 3.05) is 5.32 Å². The molecule has 11 nitrogen and oxygen atoms in total. The van der Waals surface area contributed by atoms with Crippen LogP contribution in [0.4, 0.5) is 22.7 Å². The monoisotopic (exact) mass is 377 g/mol. The van der Waals surface area contributed by atoms with Gasteiger partial charge in [0, 0.05) is 11.8 Å². The molecule has 0 fully saturated rings. The van der Waals surface area contributed by atoms with Crippen LogP contribution in [0, 0.1) is 20.2 Å². The van der Waals surface area contributed by atoms with E-state index in [4.69, 9.17) is 0 Å². The van der Waals surface area contributed by atoms with Gasteiger partial charge in [-0.15, -0.1) is 0 Å². The van der Waals surface area contributed by atoms with Crippen molar-refractivity contribution in [3.8, 4) is 5.75 Å². The molecule has 0 saturated heterocycles. The van der Waals surface area contributed by atoms with Crippen LogP contribution >= 0.6 is 0 Å². The Kier molecular flexibility index (Phi) is 6.45. The molecule has 0 aliphatic heterocycles. The Labute approximate surface area is 162 Å². The number of anilines is 2. The number of nitrogens with one attached hydrogen (secondary N) is 1. The summed E-state index contributed by atoms with van der Waals surface area (Å²) < 4.78 is 33.1. The Morgan fingerprint density at radius 3 is 2.16 bits per heavy atom. The standard InChI is InChI=1S/C12H9N3O8S.Na/c16-11-4-1-7(5-12(11)24(21,22)23)13-9-3-2-8(14(17)18)6-10(9)15(19)20;/h1-6,13,16H,(H,21,22,23);/q;+1/p-1. The first kappa shape index (κ1) is 20.8. The molecule has 0 aliphatic rings. The number of nitro benzene ring substituents is 2. The van der Waals surface area contributed by atoms with E-state index in [0.29, 0.717) is 0 Å². The van der Waals surface area contributed by atoms with Gasteiger partial charge in [0.25, 0.3) is 11.4 Å². The molecule has 0 saturated carbocycles. The van der Waals surface area contributed by atoms with Crippen LogP contribution in [0.5, 0.6) is 5.75 Å². The number of hydrogen-bond donors (Lipinski definition) is 2. The fourth-order valence-corrected chi connectivity index (χ4v) is 2.43. The largest absolute Gasteiger partial charge is 1.00 e. The van der Waals surface area contributed by atoms with Crippen LogP contribution < -0.4 is 34.9 Å². The predicted octanol–water partition coefficient (Wildman–Crippen LogP) is -1.14. The van der Waals surface area contributed by atoms with Crippen LogP contribution in [0.2, 0.25) is 0 Å². The van der Waals surface area contributed by atoms with Crippen molar-refractivity contribution in [2.45, 2.75) is 4.90 Å². The van der Waals surface area contributed by atoms with Gasteiger partial charge in [0.15, 0.2) is 0 Å². The minimum Gasteiger partial charge on any atom is -0.744 e. The van der Waals surface area contributed by atoms with E-state index < -0.39 is 42.0 Å². The fourth-order valence-electron chi connectivity index (χ4n) is 1.84. The molecule has 2 aromatic rings. The number of hydrogen-bond acceptors (Lipinski definition) is 9. The molecule has 25 heavy (non-hydrogen) atoms. The van der Waals surface area contributed by atoms with Gasteiger partial charge in [-0.25, -0.2) is 8.42 Å². The molecule has 126 valence electrons. The number of aromatic hydroxyl groups is 1. The molecule has 0 unspecified atom stereocenters. The summed E-state index contributed by atoms with van der Waals surface area (Å²) in [7, 11) is -4.96. The van der Waals surface area contributed by atoms with Gasteiger partial charge in [-0.05, 0) is 24.3 Å². The van der Waals surface area contributed by atoms with Gasteiger partial charge in [-0.3, -0.25) is 20.2 Å². The van der Waals surface area contributed by atoms with E-state index in [9.17, 15) is 38.3 Å². The Morgan fingerprint density at radius 1 is 1.00 bits per heavy atom. The first-order valence-corrected chi connectivity index (χ1v) is 7.49. The molecule has 13 heteroatoms. The van der Waals surface area contributed by atoms with Crippen LogP contribution in [0.1, 0.15) is 0 Å². The van der Waals surface area contributed by atoms with Crippen molar-refractivity contribution in [2.24, 2.45) is 0 Å². The van der Waals surface area contributed by atoms with Gasteiger partial charge in [0.05, 0.1) is 20.8 Å². The topological polar surface area (TPSA) is 176 Å².